The van der Waals surface area contributed by atoms with E-state index in [1.54, 1.807) is 0 Å². The van der Waals surface area contributed by atoms with Gasteiger partial charge in [-0.2, -0.15) is 22.0 Å². The summed E-state index contributed by atoms with van der Waals surface area (Å²) in [5, 5.41) is 14.8. The maximum absolute atomic E-state index is 11.3. The van der Waals surface area contributed by atoms with Gasteiger partial charge in [-0.3, -0.25) is 0 Å². The molecule has 0 amide bonds. The number of halogens is 7. The third-order valence-electron chi connectivity index (χ3n) is 0.709. The van der Waals surface area contributed by atoms with Gasteiger partial charge in [-0.25, -0.2) is 8.78 Å². The van der Waals surface area contributed by atoms with E-state index in [0.717, 1.165) is 0 Å². The fourth-order valence-corrected chi connectivity index (χ4v) is 0.0690. The number of rotatable bonds is 2. The first kappa shape index (κ1) is 15.9. The van der Waals surface area contributed by atoms with Gasteiger partial charge in [-0.15, -0.1) is 0 Å². The van der Waals surface area contributed by atoms with E-state index < -0.39 is 31.7 Å². The fourth-order valence-electron chi connectivity index (χ4n) is 0.0690. The largest absolute Gasteiger partial charge is 0.411 e. The molecular formula is C5H7F7O2. The molecule has 0 saturated heterocycles. The van der Waals surface area contributed by atoms with Crippen LogP contribution in [0.5, 0.6) is 0 Å². The molecule has 0 unspecified atom stereocenters. The summed E-state index contributed by atoms with van der Waals surface area (Å²) in [5.41, 5.74) is 0. The predicted octanol–water partition coefficient (Wildman–Crippen LogP) is 1.42. The Morgan fingerprint density at radius 3 is 1.14 bits per heavy atom. The molecule has 88 valence electrons. The summed E-state index contributed by atoms with van der Waals surface area (Å²) >= 11 is 0. The van der Waals surface area contributed by atoms with Crippen molar-refractivity contribution in [1.29, 1.82) is 0 Å². The van der Waals surface area contributed by atoms with Crippen molar-refractivity contribution in [3.8, 4) is 0 Å². The standard InChI is InChI=1S/C3H4F4O.C2H3F3O/c4-2(5)3(6,7)1-8;3-2(4,5)1-6/h2,8H,1H2;6H,1H2. The Morgan fingerprint density at radius 2 is 1.14 bits per heavy atom. The minimum Gasteiger partial charge on any atom is -0.390 e. The molecule has 0 aliphatic heterocycles. The highest BCUT2D eigenvalue weighted by molar-refractivity contribution is 4.65. The van der Waals surface area contributed by atoms with E-state index in [2.05, 4.69) is 0 Å². The van der Waals surface area contributed by atoms with Crippen LogP contribution in [0.15, 0.2) is 0 Å². The average Bonchev–Trinajstić information content (AvgIpc) is 2.04. The highest BCUT2D eigenvalue weighted by Crippen LogP contribution is 2.20. The Morgan fingerprint density at radius 1 is 0.857 bits per heavy atom. The quantitative estimate of drug-likeness (QED) is 0.707. The molecule has 0 aliphatic rings. The van der Waals surface area contributed by atoms with Gasteiger partial charge in [0.1, 0.15) is 13.2 Å². The van der Waals surface area contributed by atoms with Crippen LogP contribution in [-0.4, -0.2) is 42.0 Å². The molecule has 14 heavy (non-hydrogen) atoms. The van der Waals surface area contributed by atoms with E-state index in [1.165, 1.54) is 0 Å². The second-order valence-corrected chi connectivity index (χ2v) is 1.99. The van der Waals surface area contributed by atoms with Crippen molar-refractivity contribution in [2.45, 2.75) is 18.5 Å². The van der Waals surface area contributed by atoms with Crippen LogP contribution in [0.1, 0.15) is 0 Å². The predicted molar refractivity (Wildman–Crippen MR) is 31.2 cm³/mol. The molecule has 0 radical (unpaired) electrons. The Bertz CT molecular complexity index is 144. The molecular weight excluding hydrogens is 225 g/mol. The summed E-state index contributed by atoms with van der Waals surface area (Å²) in [4.78, 5) is 0. The van der Waals surface area contributed by atoms with Crippen molar-refractivity contribution in [3.05, 3.63) is 0 Å². The molecule has 0 aromatic rings. The van der Waals surface area contributed by atoms with Gasteiger partial charge < -0.3 is 10.2 Å². The van der Waals surface area contributed by atoms with Gasteiger partial charge in [-0.1, -0.05) is 0 Å². The molecule has 0 bridgehead atoms. The molecule has 0 fully saturated rings. The minimum absolute atomic E-state index is 1.73. The van der Waals surface area contributed by atoms with Gasteiger partial charge in [0.25, 0.3) is 0 Å². The van der Waals surface area contributed by atoms with Crippen LogP contribution in [0, 0.1) is 0 Å². The fraction of sp³-hybridized carbons (Fsp3) is 1.00. The van der Waals surface area contributed by atoms with E-state index in [1.807, 2.05) is 0 Å². The van der Waals surface area contributed by atoms with Crippen LogP contribution in [-0.2, 0) is 0 Å². The number of aliphatic hydroxyl groups excluding tert-OH is 2. The lowest BCUT2D eigenvalue weighted by atomic mass is 10.4. The van der Waals surface area contributed by atoms with Crippen LogP contribution >= 0.6 is 0 Å². The van der Waals surface area contributed by atoms with Crippen LogP contribution in [0.3, 0.4) is 0 Å². The zero-order valence-corrected chi connectivity index (χ0v) is 6.53. The summed E-state index contributed by atoms with van der Waals surface area (Å²) < 4.78 is 76.0. The zero-order valence-electron chi connectivity index (χ0n) is 6.53. The second kappa shape index (κ2) is 6.02. The summed E-state index contributed by atoms with van der Waals surface area (Å²) in [5.74, 6) is -4.24. The summed E-state index contributed by atoms with van der Waals surface area (Å²) in [6.07, 6.45) is -8.17. The first-order valence-corrected chi connectivity index (χ1v) is 3.01. The third kappa shape index (κ3) is 9.52. The highest BCUT2D eigenvalue weighted by Gasteiger charge is 2.39. The third-order valence-corrected chi connectivity index (χ3v) is 0.709. The van der Waals surface area contributed by atoms with Crippen LogP contribution in [0.25, 0.3) is 0 Å². The molecule has 0 saturated carbocycles. The van der Waals surface area contributed by atoms with Gasteiger partial charge in [0.15, 0.2) is 0 Å². The van der Waals surface area contributed by atoms with Crippen molar-refractivity contribution in [3.63, 3.8) is 0 Å². The topological polar surface area (TPSA) is 40.5 Å². The number of hydrogen-bond acceptors (Lipinski definition) is 2. The van der Waals surface area contributed by atoms with Crippen molar-refractivity contribution in [1.82, 2.24) is 0 Å². The maximum Gasteiger partial charge on any atom is 0.411 e. The Hall–Kier alpha value is -0.570. The van der Waals surface area contributed by atoms with Gasteiger partial charge in [0.2, 0.25) is 0 Å². The first-order chi connectivity index (χ1) is 6.06. The van der Waals surface area contributed by atoms with Crippen molar-refractivity contribution >= 4 is 0 Å². The lowest BCUT2D eigenvalue weighted by Crippen LogP contribution is -2.30. The molecule has 0 spiro atoms. The molecule has 0 aromatic carbocycles. The van der Waals surface area contributed by atoms with E-state index in [4.69, 9.17) is 10.2 Å². The summed E-state index contributed by atoms with van der Waals surface area (Å²) in [7, 11) is 0. The van der Waals surface area contributed by atoms with Crippen molar-refractivity contribution in [2.24, 2.45) is 0 Å². The average molecular weight is 232 g/mol. The second-order valence-electron chi connectivity index (χ2n) is 1.99. The van der Waals surface area contributed by atoms with Gasteiger partial charge >= 0.3 is 18.5 Å². The van der Waals surface area contributed by atoms with Crippen molar-refractivity contribution in [2.75, 3.05) is 13.2 Å². The Kier molecular flexibility index (Phi) is 6.82. The van der Waals surface area contributed by atoms with E-state index in [-0.39, 0.29) is 0 Å². The molecule has 0 heterocycles. The lowest BCUT2D eigenvalue weighted by molar-refractivity contribution is -0.159. The molecule has 0 atom stereocenters. The van der Waals surface area contributed by atoms with E-state index >= 15 is 0 Å². The maximum atomic E-state index is 11.3. The first-order valence-electron chi connectivity index (χ1n) is 3.01. The minimum atomic E-state index is -4.40. The van der Waals surface area contributed by atoms with Gasteiger partial charge in [0.05, 0.1) is 0 Å². The smallest absolute Gasteiger partial charge is 0.390 e. The van der Waals surface area contributed by atoms with Crippen LogP contribution < -0.4 is 0 Å². The molecule has 0 aromatic heterocycles. The molecule has 9 heteroatoms. The van der Waals surface area contributed by atoms with Gasteiger partial charge in [-0.05, 0) is 0 Å². The SMILES string of the molecule is OCC(F)(F)C(F)F.OCC(F)(F)F. The zero-order chi connectivity index (χ0) is 12.0. The normalized spacial score (nSPS) is 12.4. The number of hydrogen-bond donors (Lipinski definition) is 2. The number of alkyl halides is 7. The van der Waals surface area contributed by atoms with Gasteiger partial charge in [0, 0.05) is 0 Å². The molecule has 0 rings (SSSR count). The molecule has 0 aliphatic carbocycles. The molecule has 2 nitrogen and oxygen atoms in total. The summed E-state index contributed by atoms with van der Waals surface area (Å²) in [6.45, 7) is -3.53. The van der Waals surface area contributed by atoms with E-state index in [0.29, 0.717) is 0 Å². The Balaban J connectivity index is 0. The van der Waals surface area contributed by atoms with E-state index in [9.17, 15) is 30.7 Å². The number of aliphatic hydroxyl groups is 2. The van der Waals surface area contributed by atoms with Crippen LogP contribution in [0.4, 0.5) is 30.7 Å². The van der Waals surface area contributed by atoms with Crippen LogP contribution in [0.2, 0.25) is 0 Å². The lowest BCUT2D eigenvalue weighted by Gasteiger charge is -2.09. The molecule has 2 N–H and O–H groups in total. The Labute approximate surface area is 74.0 Å². The van der Waals surface area contributed by atoms with Crippen molar-refractivity contribution < 1.29 is 40.9 Å². The monoisotopic (exact) mass is 232 g/mol. The summed E-state index contributed by atoms with van der Waals surface area (Å²) in [6, 6.07) is 0. The highest BCUT2D eigenvalue weighted by atomic mass is 19.4.